The van der Waals surface area contributed by atoms with Crippen LogP contribution < -0.4 is 5.32 Å². The number of hydrogen-bond acceptors (Lipinski definition) is 1. The van der Waals surface area contributed by atoms with Gasteiger partial charge in [0.15, 0.2) is 0 Å². The van der Waals surface area contributed by atoms with Crippen LogP contribution in [0.4, 0.5) is 0 Å². The first-order valence-corrected chi connectivity index (χ1v) is 10.6. The molecule has 0 heterocycles. The molecular weight excluding hydrogens is 246 g/mol. The summed E-state index contributed by atoms with van der Waals surface area (Å²) in [5.41, 5.74) is 2.68. The fourth-order valence-corrected chi connectivity index (χ4v) is 2.94. The van der Waals surface area contributed by atoms with E-state index in [2.05, 4.69) is 85.6 Å². The Balaban J connectivity index is 2.24. The topological polar surface area (TPSA) is 12.0 Å². The average Bonchev–Trinajstić information content (AvgIpc) is 2.40. The molecule has 2 rings (SSSR count). The predicted molar refractivity (Wildman–Crippen MR) is 86.1 cm³/mol. The molecule has 0 atom stereocenters. The van der Waals surface area contributed by atoms with Crippen LogP contribution in [0.5, 0.6) is 0 Å². The van der Waals surface area contributed by atoms with Gasteiger partial charge in [0.25, 0.3) is 0 Å². The van der Waals surface area contributed by atoms with Gasteiger partial charge in [-0.1, -0.05) is 80.3 Å². The van der Waals surface area contributed by atoms with Crippen LogP contribution in [-0.4, -0.2) is 14.2 Å². The normalized spacial score (nSPS) is 11.8. The fraction of sp³-hybridized carbons (Fsp3) is 0.294. The minimum absolute atomic E-state index is 0.300. The van der Waals surface area contributed by atoms with Gasteiger partial charge >= 0.3 is 0 Å². The lowest BCUT2D eigenvalue weighted by molar-refractivity contribution is 0.664. The van der Waals surface area contributed by atoms with Crippen LogP contribution in [0.3, 0.4) is 0 Å². The van der Waals surface area contributed by atoms with Gasteiger partial charge in [-0.2, -0.15) is 0 Å². The molecule has 0 fully saturated rings. The van der Waals surface area contributed by atoms with E-state index in [0.29, 0.717) is 6.04 Å². The summed E-state index contributed by atoms with van der Waals surface area (Å²) in [6.07, 6.45) is 1.13. The van der Waals surface area contributed by atoms with Crippen LogP contribution in [0, 0.1) is 0 Å². The third-order valence-corrected chi connectivity index (χ3v) is 4.37. The summed E-state index contributed by atoms with van der Waals surface area (Å²) in [5.74, 6) is 0. The molecule has 1 N–H and O–H groups in total. The Labute approximate surface area is 117 Å². The third-order valence-electron chi connectivity index (χ3n) is 3.10. The van der Waals surface area contributed by atoms with Crippen LogP contribution in [0.2, 0.25) is 19.6 Å². The highest BCUT2D eigenvalue weighted by Crippen LogP contribution is 2.22. The molecule has 0 saturated carbocycles. The van der Waals surface area contributed by atoms with E-state index in [1.165, 1.54) is 11.1 Å². The highest BCUT2D eigenvalue weighted by atomic mass is 28.3. The van der Waals surface area contributed by atoms with Crippen molar-refractivity contribution in [3.05, 3.63) is 71.8 Å². The molecule has 0 radical (unpaired) electrons. The summed E-state index contributed by atoms with van der Waals surface area (Å²) in [4.78, 5) is 0. The fourth-order valence-electron chi connectivity index (χ4n) is 2.13. The van der Waals surface area contributed by atoms with Crippen molar-refractivity contribution in [2.75, 3.05) is 6.17 Å². The molecule has 0 bridgehead atoms. The Morgan fingerprint density at radius 3 is 1.58 bits per heavy atom. The van der Waals surface area contributed by atoms with E-state index in [1.54, 1.807) is 0 Å². The van der Waals surface area contributed by atoms with Crippen LogP contribution in [0.25, 0.3) is 0 Å². The van der Waals surface area contributed by atoms with Gasteiger partial charge in [-0.05, 0) is 17.3 Å². The number of hydrogen-bond donors (Lipinski definition) is 1. The summed E-state index contributed by atoms with van der Waals surface area (Å²) < 4.78 is 0. The number of nitrogens with one attached hydrogen (secondary N) is 1. The SMILES string of the molecule is C[Si](C)(C)CNC(c1ccccc1)c1ccccc1. The van der Waals surface area contributed by atoms with Crippen molar-refractivity contribution >= 4 is 8.07 Å². The van der Waals surface area contributed by atoms with Gasteiger partial charge in [0, 0.05) is 0 Å². The molecule has 0 saturated heterocycles. The van der Waals surface area contributed by atoms with E-state index >= 15 is 0 Å². The van der Waals surface area contributed by atoms with E-state index in [1.807, 2.05) is 0 Å². The first kappa shape index (κ1) is 14.0. The lowest BCUT2D eigenvalue weighted by atomic mass is 9.99. The summed E-state index contributed by atoms with van der Waals surface area (Å²) in [6.45, 7) is 7.19. The lowest BCUT2D eigenvalue weighted by Crippen LogP contribution is -2.38. The minimum atomic E-state index is -1.10. The monoisotopic (exact) mass is 269 g/mol. The second-order valence-corrected chi connectivity index (χ2v) is 11.7. The zero-order chi connectivity index (χ0) is 13.7. The van der Waals surface area contributed by atoms with E-state index in [0.717, 1.165) is 6.17 Å². The van der Waals surface area contributed by atoms with Crippen molar-refractivity contribution in [3.63, 3.8) is 0 Å². The molecule has 0 amide bonds. The molecule has 0 aliphatic rings. The minimum Gasteiger partial charge on any atom is -0.309 e. The molecule has 19 heavy (non-hydrogen) atoms. The smallest absolute Gasteiger partial charge is 0.0596 e. The highest BCUT2D eigenvalue weighted by Gasteiger charge is 2.18. The third kappa shape index (κ3) is 4.34. The molecule has 100 valence electrons. The van der Waals surface area contributed by atoms with Crippen molar-refractivity contribution in [2.24, 2.45) is 0 Å². The number of benzene rings is 2. The molecule has 1 nitrogen and oxygen atoms in total. The molecule has 0 aliphatic heterocycles. The van der Waals surface area contributed by atoms with Gasteiger partial charge in [0.1, 0.15) is 0 Å². The van der Waals surface area contributed by atoms with Gasteiger partial charge in [0.2, 0.25) is 0 Å². The van der Waals surface area contributed by atoms with Crippen LogP contribution in [0.1, 0.15) is 17.2 Å². The number of rotatable bonds is 5. The van der Waals surface area contributed by atoms with E-state index in [-0.39, 0.29) is 0 Å². The van der Waals surface area contributed by atoms with Gasteiger partial charge < -0.3 is 5.32 Å². The van der Waals surface area contributed by atoms with Gasteiger partial charge in [-0.3, -0.25) is 0 Å². The molecule has 2 heteroatoms. The summed E-state index contributed by atoms with van der Waals surface area (Å²) in [6, 6.07) is 21.7. The van der Waals surface area contributed by atoms with Crippen LogP contribution >= 0.6 is 0 Å². The second kappa shape index (κ2) is 6.18. The first-order chi connectivity index (χ1) is 9.06. The average molecular weight is 269 g/mol. The predicted octanol–water partition coefficient (Wildman–Crippen LogP) is 4.24. The van der Waals surface area contributed by atoms with E-state index in [4.69, 9.17) is 0 Å². The molecule has 0 spiro atoms. The molecule has 0 unspecified atom stereocenters. The Morgan fingerprint density at radius 1 is 0.789 bits per heavy atom. The Hall–Kier alpha value is -1.38. The summed E-state index contributed by atoms with van der Waals surface area (Å²) in [5, 5.41) is 3.75. The van der Waals surface area contributed by atoms with Gasteiger partial charge in [-0.25, -0.2) is 0 Å². The Kier molecular flexibility index (Phi) is 4.56. The Bertz CT molecular complexity index is 448. The molecule has 2 aromatic carbocycles. The molecular formula is C17H23NSi. The summed E-state index contributed by atoms with van der Waals surface area (Å²) in [7, 11) is -1.10. The summed E-state index contributed by atoms with van der Waals surface area (Å²) >= 11 is 0. The van der Waals surface area contributed by atoms with Crippen molar-refractivity contribution in [1.82, 2.24) is 5.32 Å². The van der Waals surface area contributed by atoms with Crippen LogP contribution in [0.15, 0.2) is 60.7 Å². The van der Waals surface area contributed by atoms with Crippen molar-refractivity contribution in [2.45, 2.75) is 25.7 Å². The Morgan fingerprint density at radius 2 is 1.21 bits per heavy atom. The highest BCUT2D eigenvalue weighted by molar-refractivity contribution is 6.76. The maximum absolute atomic E-state index is 3.75. The maximum Gasteiger partial charge on any atom is 0.0596 e. The maximum atomic E-state index is 3.75. The van der Waals surface area contributed by atoms with E-state index in [9.17, 15) is 0 Å². The zero-order valence-electron chi connectivity index (χ0n) is 12.1. The van der Waals surface area contributed by atoms with Gasteiger partial charge in [-0.15, -0.1) is 0 Å². The standard InChI is InChI=1S/C17H23NSi/c1-19(2,3)14-18-17(15-10-6-4-7-11-15)16-12-8-5-9-13-16/h4-13,17-18H,14H2,1-3H3. The van der Waals surface area contributed by atoms with Crippen molar-refractivity contribution in [3.8, 4) is 0 Å². The lowest BCUT2D eigenvalue weighted by Gasteiger charge is -2.24. The van der Waals surface area contributed by atoms with Gasteiger partial charge in [0.05, 0.1) is 14.1 Å². The zero-order valence-corrected chi connectivity index (χ0v) is 13.1. The quantitative estimate of drug-likeness (QED) is 0.800. The van der Waals surface area contributed by atoms with E-state index < -0.39 is 8.07 Å². The van der Waals surface area contributed by atoms with Crippen LogP contribution in [-0.2, 0) is 0 Å². The van der Waals surface area contributed by atoms with Crippen molar-refractivity contribution < 1.29 is 0 Å². The molecule has 0 aliphatic carbocycles. The molecule has 0 aromatic heterocycles. The first-order valence-electron chi connectivity index (χ1n) is 6.89. The van der Waals surface area contributed by atoms with Crippen molar-refractivity contribution in [1.29, 1.82) is 0 Å². The molecule has 2 aromatic rings. The largest absolute Gasteiger partial charge is 0.309 e. The second-order valence-electron chi connectivity index (χ2n) is 6.20.